The van der Waals surface area contributed by atoms with Gasteiger partial charge in [-0.1, -0.05) is 17.7 Å². The van der Waals surface area contributed by atoms with E-state index in [1.54, 1.807) is 13.0 Å². The van der Waals surface area contributed by atoms with E-state index in [-0.39, 0.29) is 17.9 Å². The van der Waals surface area contributed by atoms with Crippen molar-refractivity contribution >= 4 is 17.5 Å². The van der Waals surface area contributed by atoms with Crippen molar-refractivity contribution in [3.63, 3.8) is 0 Å². The van der Waals surface area contributed by atoms with Crippen LogP contribution in [-0.2, 0) is 9.53 Å². The molecule has 21 heavy (non-hydrogen) atoms. The quantitative estimate of drug-likeness (QED) is 0.897. The lowest BCUT2D eigenvalue weighted by Crippen LogP contribution is -2.47. The third-order valence-corrected chi connectivity index (χ3v) is 4.19. The molecule has 1 heterocycles. The Kier molecular flexibility index (Phi) is 5.56. The molecular formula is C15H20ClFN2O2. The lowest BCUT2D eigenvalue weighted by Gasteiger charge is -2.28. The molecule has 2 atom stereocenters. The predicted octanol–water partition coefficient (Wildman–Crippen LogP) is 2.41. The first-order chi connectivity index (χ1) is 9.99. The first-order valence-corrected chi connectivity index (χ1v) is 7.45. The number of carbonyl (C=O) groups excluding carboxylic acids is 1. The van der Waals surface area contributed by atoms with Gasteiger partial charge in [0.05, 0.1) is 12.1 Å². The summed E-state index contributed by atoms with van der Waals surface area (Å²) in [5, 5.41) is 3.14. The Morgan fingerprint density at radius 3 is 2.76 bits per heavy atom. The second-order valence-corrected chi connectivity index (χ2v) is 5.78. The third-order valence-electron chi connectivity index (χ3n) is 3.86. The number of nitrogens with one attached hydrogen (secondary N) is 1. The van der Waals surface area contributed by atoms with Crippen LogP contribution in [0.25, 0.3) is 0 Å². The van der Waals surface area contributed by atoms with Gasteiger partial charge < -0.3 is 15.8 Å². The summed E-state index contributed by atoms with van der Waals surface area (Å²) >= 11 is 6.00. The highest BCUT2D eigenvalue weighted by Crippen LogP contribution is 2.24. The molecule has 1 amide bonds. The fourth-order valence-corrected chi connectivity index (χ4v) is 2.86. The Balaban J connectivity index is 1.97. The zero-order chi connectivity index (χ0) is 15.4. The molecule has 3 N–H and O–H groups in total. The van der Waals surface area contributed by atoms with Crippen LogP contribution in [0.2, 0.25) is 5.02 Å². The van der Waals surface area contributed by atoms with Crippen LogP contribution in [0.1, 0.15) is 31.4 Å². The molecule has 0 spiro atoms. The van der Waals surface area contributed by atoms with E-state index < -0.39 is 11.9 Å². The topological polar surface area (TPSA) is 64.4 Å². The number of hydrogen-bond acceptors (Lipinski definition) is 3. The summed E-state index contributed by atoms with van der Waals surface area (Å²) in [6.45, 7) is 3.09. The van der Waals surface area contributed by atoms with E-state index in [1.807, 2.05) is 0 Å². The van der Waals surface area contributed by atoms with Gasteiger partial charge >= 0.3 is 0 Å². The maximum atomic E-state index is 13.0. The van der Waals surface area contributed by atoms with Gasteiger partial charge in [0, 0.05) is 18.2 Å². The summed E-state index contributed by atoms with van der Waals surface area (Å²) in [4.78, 5) is 12.2. The van der Waals surface area contributed by atoms with Gasteiger partial charge in [-0.25, -0.2) is 4.39 Å². The Hall–Kier alpha value is -1.17. The first-order valence-electron chi connectivity index (χ1n) is 7.07. The zero-order valence-corrected chi connectivity index (χ0v) is 12.7. The summed E-state index contributed by atoms with van der Waals surface area (Å²) in [5.41, 5.74) is 6.69. The van der Waals surface area contributed by atoms with E-state index in [0.717, 1.165) is 12.8 Å². The number of nitrogens with two attached hydrogens (primary N) is 1. The van der Waals surface area contributed by atoms with Gasteiger partial charge in [0.15, 0.2) is 0 Å². The number of halogens is 2. The molecule has 0 radical (unpaired) electrons. The van der Waals surface area contributed by atoms with Crippen molar-refractivity contribution in [2.45, 2.75) is 31.8 Å². The van der Waals surface area contributed by atoms with Gasteiger partial charge in [0.2, 0.25) is 5.91 Å². The first kappa shape index (κ1) is 16.2. The van der Waals surface area contributed by atoms with Crippen molar-refractivity contribution in [3.8, 4) is 0 Å². The standard InChI is InChI=1S/C15H20ClFN2O2/c1-9(12-3-2-11(17)8-13(12)16)19-15(20)14(18)10-4-6-21-7-5-10/h2-3,8-10,14H,4-7,18H2,1H3,(H,19,20). The minimum Gasteiger partial charge on any atom is -0.381 e. The smallest absolute Gasteiger partial charge is 0.237 e. The Labute approximate surface area is 128 Å². The highest BCUT2D eigenvalue weighted by Gasteiger charge is 2.27. The van der Waals surface area contributed by atoms with Crippen molar-refractivity contribution in [1.82, 2.24) is 5.32 Å². The van der Waals surface area contributed by atoms with Gasteiger partial charge in [-0.15, -0.1) is 0 Å². The summed E-state index contributed by atoms with van der Waals surface area (Å²) < 4.78 is 18.3. The molecule has 1 saturated heterocycles. The van der Waals surface area contributed by atoms with Crippen LogP contribution >= 0.6 is 11.6 Å². The van der Waals surface area contributed by atoms with E-state index in [2.05, 4.69) is 5.32 Å². The second kappa shape index (κ2) is 7.20. The molecule has 1 fully saturated rings. The van der Waals surface area contributed by atoms with Crippen LogP contribution in [0.5, 0.6) is 0 Å². The van der Waals surface area contributed by atoms with Crippen LogP contribution in [0.3, 0.4) is 0 Å². The number of rotatable bonds is 4. The molecule has 0 aromatic heterocycles. The van der Waals surface area contributed by atoms with Gasteiger partial charge in [0.1, 0.15) is 5.82 Å². The summed E-state index contributed by atoms with van der Waals surface area (Å²) in [7, 11) is 0. The van der Waals surface area contributed by atoms with Gasteiger partial charge in [0.25, 0.3) is 0 Å². The minimum atomic E-state index is -0.560. The summed E-state index contributed by atoms with van der Waals surface area (Å²) in [5.74, 6) is -0.481. The molecule has 0 aliphatic carbocycles. The Morgan fingerprint density at radius 1 is 1.48 bits per heavy atom. The van der Waals surface area contributed by atoms with Crippen molar-refractivity contribution in [2.24, 2.45) is 11.7 Å². The number of hydrogen-bond donors (Lipinski definition) is 2. The van der Waals surface area contributed by atoms with E-state index in [1.165, 1.54) is 12.1 Å². The lowest BCUT2D eigenvalue weighted by atomic mass is 9.91. The van der Waals surface area contributed by atoms with Gasteiger partial charge in [-0.2, -0.15) is 0 Å². The molecule has 0 saturated carbocycles. The average Bonchev–Trinajstić information content (AvgIpc) is 2.47. The molecule has 4 nitrogen and oxygen atoms in total. The number of carbonyl (C=O) groups is 1. The SMILES string of the molecule is CC(NC(=O)C(N)C1CCOCC1)c1ccc(F)cc1Cl. The molecule has 116 valence electrons. The number of ether oxygens (including phenoxy) is 1. The van der Waals surface area contributed by atoms with Crippen LogP contribution < -0.4 is 11.1 Å². The summed E-state index contributed by atoms with van der Waals surface area (Å²) in [6, 6.07) is 3.25. The largest absolute Gasteiger partial charge is 0.381 e. The highest BCUT2D eigenvalue weighted by atomic mass is 35.5. The predicted molar refractivity (Wildman–Crippen MR) is 79.5 cm³/mol. The van der Waals surface area contributed by atoms with E-state index in [0.29, 0.717) is 23.8 Å². The lowest BCUT2D eigenvalue weighted by molar-refractivity contribution is -0.125. The number of benzene rings is 1. The molecule has 1 aromatic carbocycles. The van der Waals surface area contributed by atoms with Crippen molar-refractivity contribution in [1.29, 1.82) is 0 Å². The van der Waals surface area contributed by atoms with Crippen molar-refractivity contribution in [2.75, 3.05) is 13.2 Å². The molecule has 1 aliphatic heterocycles. The maximum absolute atomic E-state index is 13.0. The normalized spacial score (nSPS) is 19.0. The third kappa shape index (κ3) is 4.15. The molecule has 1 aliphatic rings. The van der Waals surface area contributed by atoms with Crippen LogP contribution in [0.15, 0.2) is 18.2 Å². The maximum Gasteiger partial charge on any atom is 0.237 e. The molecule has 2 unspecified atom stereocenters. The number of amides is 1. The molecule has 1 aromatic rings. The fourth-order valence-electron chi connectivity index (χ4n) is 2.53. The van der Waals surface area contributed by atoms with Gasteiger partial charge in [-0.05, 0) is 43.4 Å². The minimum absolute atomic E-state index is 0.134. The van der Waals surface area contributed by atoms with Gasteiger partial charge in [-0.3, -0.25) is 4.79 Å². The van der Waals surface area contributed by atoms with Crippen molar-refractivity contribution < 1.29 is 13.9 Å². The zero-order valence-electron chi connectivity index (χ0n) is 11.9. The molecule has 2 rings (SSSR count). The molecule has 0 bridgehead atoms. The van der Waals surface area contributed by atoms with E-state index in [4.69, 9.17) is 22.1 Å². The second-order valence-electron chi connectivity index (χ2n) is 5.37. The van der Waals surface area contributed by atoms with Crippen LogP contribution in [0.4, 0.5) is 4.39 Å². The molecular weight excluding hydrogens is 295 g/mol. The highest BCUT2D eigenvalue weighted by molar-refractivity contribution is 6.31. The molecule has 6 heteroatoms. The fraction of sp³-hybridized carbons (Fsp3) is 0.533. The van der Waals surface area contributed by atoms with Crippen molar-refractivity contribution in [3.05, 3.63) is 34.6 Å². The van der Waals surface area contributed by atoms with Crippen LogP contribution in [-0.4, -0.2) is 25.2 Å². The van der Waals surface area contributed by atoms with Crippen LogP contribution in [0, 0.1) is 11.7 Å². The Morgan fingerprint density at radius 2 is 2.14 bits per heavy atom. The average molecular weight is 315 g/mol. The Bertz CT molecular complexity index is 506. The van der Waals surface area contributed by atoms with E-state index >= 15 is 0 Å². The monoisotopic (exact) mass is 314 g/mol. The summed E-state index contributed by atoms with van der Waals surface area (Å²) in [6.07, 6.45) is 1.58. The van der Waals surface area contributed by atoms with E-state index in [9.17, 15) is 9.18 Å².